The van der Waals surface area contributed by atoms with Crippen LogP contribution in [-0.4, -0.2) is 95.1 Å². The van der Waals surface area contributed by atoms with E-state index in [1.165, 1.54) is 24.0 Å². The Labute approximate surface area is 219 Å². The van der Waals surface area contributed by atoms with E-state index in [1.54, 1.807) is 0 Å². The fourth-order valence-electron chi connectivity index (χ4n) is 2.74. The topological polar surface area (TPSA) is 111 Å². The molecule has 1 heterocycles. The van der Waals surface area contributed by atoms with Gasteiger partial charge >= 0.3 is 0 Å². The number of phenolic OH excluding ortho intramolecular Hbond substituents is 1. The minimum atomic E-state index is -0.456. The monoisotopic (exact) mass is 553 g/mol. The third-order valence-corrected chi connectivity index (χ3v) is 5.55. The van der Waals surface area contributed by atoms with Crippen LogP contribution in [0.5, 0.6) is 5.75 Å². The van der Waals surface area contributed by atoms with Crippen LogP contribution in [0.2, 0.25) is 10.0 Å². The lowest BCUT2D eigenvalue weighted by Crippen LogP contribution is -2.37. The van der Waals surface area contributed by atoms with Gasteiger partial charge in [0.1, 0.15) is 10.7 Å². The molecule has 1 aromatic rings. The summed E-state index contributed by atoms with van der Waals surface area (Å²) in [5.74, 6) is -0.736. The van der Waals surface area contributed by atoms with Crippen molar-refractivity contribution in [1.29, 1.82) is 0 Å². The molecule has 0 spiro atoms. The van der Waals surface area contributed by atoms with Gasteiger partial charge < -0.3 is 33.7 Å². The van der Waals surface area contributed by atoms with E-state index in [-0.39, 0.29) is 58.5 Å². The van der Waals surface area contributed by atoms with Crippen LogP contribution in [0.3, 0.4) is 0 Å². The number of phenols is 1. The van der Waals surface area contributed by atoms with Crippen LogP contribution in [0.1, 0.15) is 6.92 Å². The first-order valence-electron chi connectivity index (χ1n) is 11.0. The maximum atomic E-state index is 13.0. The summed E-state index contributed by atoms with van der Waals surface area (Å²) in [4.78, 5) is 14.5. The lowest BCUT2D eigenvalue weighted by atomic mass is 10.3. The van der Waals surface area contributed by atoms with Crippen molar-refractivity contribution in [2.75, 3.05) is 79.2 Å². The number of aromatic hydroxyl groups is 1. The molecule has 1 saturated heterocycles. The van der Waals surface area contributed by atoms with E-state index < -0.39 is 5.91 Å². The van der Waals surface area contributed by atoms with Gasteiger partial charge in [0, 0.05) is 18.1 Å². The summed E-state index contributed by atoms with van der Waals surface area (Å²) in [7, 11) is 0. The standard InChI is InChI=1S/C22H30Cl3N3O7/c1-16(26-27-19-15-17(23)14-18(24)21(19)29)20(25)22(30)28-2-4-31-6-8-33-10-12-35-13-11-34-9-7-32-5-3-28/h14-15,29H,2-13H2,1H3/b20-16+,27-26?. The molecule has 1 fully saturated rings. The van der Waals surface area contributed by atoms with Crippen molar-refractivity contribution >= 4 is 46.4 Å². The molecule has 1 aliphatic rings. The number of nitrogens with zero attached hydrogens (tertiary/aromatic N) is 3. The van der Waals surface area contributed by atoms with Crippen molar-refractivity contribution in [2.45, 2.75) is 6.92 Å². The Kier molecular flexibility index (Phi) is 14.5. The minimum Gasteiger partial charge on any atom is -0.504 e. The van der Waals surface area contributed by atoms with E-state index in [9.17, 15) is 9.90 Å². The Morgan fingerprint density at radius 1 is 0.857 bits per heavy atom. The van der Waals surface area contributed by atoms with Gasteiger partial charge in [-0.1, -0.05) is 34.8 Å². The van der Waals surface area contributed by atoms with E-state index in [2.05, 4.69) is 10.2 Å². The average Bonchev–Trinajstić information content (AvgIpc) is 2.84. The number of hydrogen-bond acceptors (Lipinski definition) is 9. The molecule has 2 rings (SSSR count). The highest BCUT2D eigenvalue weighted by Crippen LogP contribution is 2.37. The number of ether oxygens (including phenoxy) is 5. The first-order valence-corrected chi connectivity index (χ1v) is 12.2. The quantitative estimate of drug-likeness (QED) is 0.441. The SMILES string of the molecule is C/C(N=Nc1cc(Cl)cc(Cl)c1O)=C(\Cl)C(=O)N1CCOCCOCCOCCOCCOCC1. The molecule has 0 unspecified atom stereocenters. The van der Waals surface area contributed by atoms with Crippen LogP contribution < -0.4 is 0 Å². The Bertz CT molecular complexity index is 853. The van der Waals surface area contributed by atoms with E-state index in [0.29, 0.717) is 52.9 Å². The fraction of sp³-hybridized carbons (Fsp3) is 0.591. The Hall–Kier alpha value is -1.50. The van der Waals surface area contributed by atoms with Crippen LogP contribution in [0, 0.1) is 0 Å². The van der Waals surface area contributed by atoms with Gasteiger partial charge in [-0.3, -0.25) is 4.79 Å². The Balaban J connectivity index is 2.02. The van der Waals surface area contributed by atoms with Gasteiger partial charge in [-0.25, -0.2) is 0 Å². The summed E-state index contributed by atoms with van der Waals surface area (Å²) in [5.41, 5.74) is 0.200. The lowest BCUT2D eigenvalue weighted by molar-refractivity contribution is -0.128. The zero-order valence-electron chi connectivity index (χ0n) is 19.5. The maximum absolute atomic E-state index is 13.0. The van der Waals surface area contributed by atoms with Crippen LogP contribution in [0.4, 0.5) is 5.69 Å². The summed E-state index contributed by atoms with van der Waals surface area (Å²) < 4.78 is 27.4. The molecular weight excluding hydrogens is 525 g/mol. The number of rotatable bonds is 3. The molecule has 1 aliphatic heterocycles. The van der Waals surface area contributed by atoms with E-state index in [0.717, 1.165) is 0 Å². The van der Waals surface area contributed by atoms with Gasteiger partial charge in [0.15, 0.2) is 5.75 Å². The minimum absolute atomic E-state index is 0.0303. The lowest BCUT2D eigenvalue weighted by Gasteiger charge is -2.23. The van der Waals surface area contributed by atoms with Gasteiger partial charge in [0.2, 0.25) is 0 Å². The molecular formula is C22H30Cl3N3O7. The molecule has 196 valence electrons. The Morgan fingerprint density at radius 3 is 1.80 bits per heavy atom. The molecule has 13 heteroatoms. The summed E-state index contributed by atoms with van der Waals surface area (Å²) in [6.45, 7) is 6.14. The van der Waals surface area contributed by atoms with Gasteiger partial charge in [-0.2, -0.15) is 5.11 Å². The number of benzene rings is 1. The van der Waals surface area contributed by atoms with Crippen LogP contribution in [0.15, 0.2) is 33.1 Å². The normalized spacial score (nSPS) is 19.1. The number of carbonyl (C=O) groups excluding carboxylic acids is 1. The average molecular weight is 555 g/mol. The second kappa shape index (κ2) is 17.0. The predicted octanol–water partition coefficient (Wildman–Crippen LogP) is 4.18. The van der Waals surface area contributed by atoms with Gasteiger partial charge in [0.05, 0.1) is 76.8 Å². The molecule has 0 aliphatic carbocycles. The molecule has 0 saturated carbocycles. The molecule has 0 bridgehead atoms. The second-order valence-corrected chi connectivity index (χ2v) is 8.43. The summed E-state index contributed by atoms with van der Waals surface area (Å²) in [6.07, 6.45) is 0. The van der Waals surface area contributed by atoms with Crippen molar-refractivity contribution in [3.8, 4) is 5.75 Å². The second-order valence-electron chi connectivity index (χ2n) is 7.21. The molecule has 0 radical (unpaired) electrons. The predicted molar refractivity (Wildman–Crippen MR) is 132 cm³/mol. The van der Waals surface area contributed by atoms with Crippen molar-refractivity contribution in [3.63, 3.8) is 0 Å². The third-order valence-electron chi connectivity index (χ3n) is 4.61. The van der Waals surface area contributed by atoms with Crippen LogP contribution >= 0.6 is 34.8 Å². The zero-order valence-corrected chi connectivity index (χ0v) is 21.8. The number of allylic oxidation sites excluding steroid dienone is 1. The number of amides is 1. The maximum Gasteiger partial charge on any atom is 0.267 e. The van der Waals surface area contributed by atoms with E-state index >= 15 is 0 Å². The largest absolute Gasteiger partial charge is 0.504 e. The first-order chi connectivity index (χ1) is 16.9. The molecule has 1 N–H and O–H groups in total. The number of carbonyl (C=O) groups is 1. The van der Waals surface area contributed by atoms with Crippen molar-refractivity contribution in [3.05, 3.63) is 32.9 Å². The molecule has 0 atom stereocenters. The van der Waals surface area contributed by atoms with Crippen molar-refractivity contribution in [1.82, 2.24) is 4.90 Å². The van der Waals surface area contributed by atoms with Gasteiger partial charge in [0.25, 0.3) is 5.91 Å². The van der Waals surface area contributed by atoms with Crippen LogP contribution in [-0.2, 0) is 28.5 Å². The van der Waals surface area contributed by atoms with E-state index in [4.69, 9.17) is 58.5 Å². The van der Waals surface area contributed by atoms with E-state index in [1.807, 2.05) is 0 Å². The molecule has 10 nitrogen and oxygen atoms in total. The summed E-state index contributed by atoms with van der Waals surface area (Å²) >= 11 is 18.2. The van der Waals surface area contributed by atoms with Crippen LogP contribution in [0.25, 0.3) is 0 Å². The molecule has 35 heavy (non-hydrogen) atoms. The zero-order chi connectivity index (χ0) is 25.5. The number of halogens is 3. The smallest absolute Gasteiger partial charge is 0.267 e. The first kappa shape index (κ1) is 29.7. The highest BCUT2D eigenvalue weighted by molar-refractivity contribution is 6.42. The molecule has 1 aromatic carbocycles. The third kappa shape index (κ3) is 11.4. The fourth-order valence-corrected chi connectivity index (χ4v) is 3.38. The van der Waals surface area contributed by atoms with Gasteiger partial charge in [-0.15, -0.1) is 5.11 Å². The Morgan fingerprint density at radius 2 is 1.31 bits per heavy atom. The number of hydrogen-bond donors (Lipinski definition) is 1. The summed E-state index contributed by atoms with van der Waals surface area (Å²) in [5, 5.41) is 18.1. The highest BCUT2D eigenvalue weighted by Gasteiger charge is 2.19. The highest BCUT2D eigenvalue weighted by atomic mass is 35.5. The van der Waals surface area contributed by atoms with Crippen molar-refractivity contribution < 1.29 is 33.6 Å². The van der Waals surface area contributed by atoms with Gasteiger partial charge in [-0.05, 0) is 19.1 Å². The van der Waals surface area contributed by atoms with Crippen molar-refractivity contribution in [2.24, 2.45) is 10.2 Å². The number of azo groups is 1. The summed E-state index contributed by atoms with van der Waals surface area (Å²) in [6, 6.07) is 2.76. The molecule has 1 amide bonds. The molecule has 0 aromatic heterocycles.